The van der Waals surface area contributed by atoms with Gasteiger partial charge in [0.25, 0.3) is 0 Å². The Hall–Kier alpha value is -13.2. The Bertz CT molecular complexity index is 3750. The summed E-state index contributed by atoms with van der Waals surface area (Å²) in [4.78, 5) is 227. The number of hydrogen-bond donors (Lipinski definition) is 32. The standard InChI is InChI=1S/C79H144N30O19/c1-42(2)39-50(86)66(116)98-52(20-12-32-91-44(5)80)68(118)100-53(21-13-33-92-45(6)81)71(121)107-60(28-31-65(114)115)75(125)102-55(23-15-35-94-47(8)83)70(120)105-58(26-29-63(87)111)76(126)109-62(41-110)78(128)104-57(25-17-37-96-49(10)85)73(123)108-61(40-43(3)4)77(127)103-56(24-16-36-95-48(9)84)69(119)101-54(22-14-34-93-46(7)82)72(122)106-59(27-30-64(112)113)74(124)99-51(67(117)90-11)19-18-38-97-79(88)89/h42-43,50-62,91-96,110H,5-10,12-41,80-86H2,1-4,11H3,(H2,87,111)(H,90,117)(H,98,116)(H,99,124)(H,100,118)(H,101,119)(H,102,125)(H,103,127)(H,104,128)(H,105,120)(H,106,122)(H,107,121)(H,108,123)(H,109,126)(H,112,113)(H,114,115)(H4,88,89,97). The number of carbonyl (C=O) groups is 16. The van der Waals surface area contributed by atoms with Gasteiger partial charge in [-0.05, 0) is 134 Å². The predicted octanol–water partition coefficient (Wildman–Crippen LogP) is -9.19. The fourth-order valence-corrected chi connectivity index (χ4v) is 12.3. The van der Waals surface area contributed by atoms with Crippen LogP contribution in [-0.4, -0.2) is 254 Å². The van der Waals surface area contributed by atoms with Gasteiger partial charge in [-0.3, -0.25) is 81.7 Å². The van der Waals surface area contributed by atoms with Crippen LogP contribution in [0.2, 0.25) is 0 Å². The minimum atomic E-state index is -1.99. The maximum atomic E-state index is 14.8. The molecule has 49 heteroatoms. The van der Waals surface area contributed by atoms with Crippen molar-refractivity contribution < 1.29 is 92.0 Å². The summed E-state index contributed by atoms with van der Waals surface area (Å²) < 4.78 is 0. The molecule has 13 unspecified atom stereocenters. The fourth-order valence-electron chi connectivity index (χ4n) is 12.3. The number of nitrogens with two attached hydrogens (primary N) is 10. The van der Waals surface area contributed by atoms with Gasteiger partial charge in [0.15, 0.2) is 5.96 Å². The molecule has 724 valence electrons. The summed E-state index contributed by atoms with van der Waals surface area (Å²) in [6.45, 7) is 28.0. The van der Waals surface area contributed by atoms with Crippen LogP contribution in [0.25, 0.3) is 0 Å². The van der Waals surface area contributed by atoms with E-state index in [2.05, 4.69) is 145 Å². The zero-order valence-corrected chi connectivity index (χ0v) is 74.2. The Morgan fingerprint density at radius 3 is 0.727 bits per heavy atom. The SMILES string of the molecule is C=C(N)NCCCC(NC(=O)C(N)CC(C)C)C(=O)NC(CCCNC(=C)N)C(=O)NC(CCC(=O)O)C(=O)NC(CCCNC(=C)N)C(=O)NC(CCC(N)=O)C(=O)NC(CO)C(=O)NC(CCCNC(=C)N)C(=O)NC(CC(C)C)C(=O)NC(CCCNC(=C)N)C(=O)NC(CCCNC(=C)N)C(=O)NC(CCC(=O)O)C(=O)NC(CCCN=C(N)N)C(=O)NC. The van der Waals surface area contributed by atoms with E-state index in [4.69, 9.17) is 57.3 Å². The van der Waals surface area contributed by atoms with Crippen LogP contribution in [-0.2, 0) is 76.7 Å². The number of aliphatic hydroxyl groups excluding tert-OH is 1. The Morgan fingerprint density at radius 1 is 0.289 bits per heavy atom. The summed E-state index contributed by atoms with van der Waals surface area (Å²) in [5.41, 5.74) is 57.0. The molecular weight excluding hydrogens is 1670 g/mol. The number of nitrogens with zero attached hydrogens (tertiary/aromatic N) is 1. The van der Waals surface area contributed by atoms with Crippen molar-refractivity contribution in [2.45, 2.75) is 247 Å². The van der Waals surface area contributed by atoms with Crippen LogP contribution in [0.5, 0.6) is 0 Å². The lowest BCUT2D eigenvalue weighted by atomic mass is 10.0. The van der Waals surface area contributed by atoms with Crippen LogP contribution < -0.4 is 158 Å². The van der Waals surface area contributed by atoms with Crippen LogP contribution in [0.4, 0.5) is 0 Å². The number of guanidine groups is 1. The van der Waals surface area contributed by atoms with Gasteiger partial charge < -0.3 is 174 Å². The smallest absolute Gasteiger partial charge is 0.303 e. The first-order valence-corrected chi connectivity index (χ1v) is 42.2. The number of aliphatic hydroxyl groups is 1. The lowest BCUT2D eigenvalue weighted by Crippen LogP contribution is -2.61. The number of carbonyl (C=O) groups excluding carboxylic acids is 14. The van der Waals surface area contributed by atoms with Crippen molar-refractivity contribution >= 4 is 101 Å². The maximum Gasteiger partial charge on any atom is 0.303 e. The molecule has 0 rings (SSSR count). The molecule has 14 amide bonds. The summed E-state index contributed by atoms with van der Waals surface area (Å²) in [6, 6.07) is -20.3. The molecule has 49 nitrogen and oxygen atoms in total. The van der Waals surface area contributed by atoms with Crippen LogP contribution in [0.15, 0.2) is 79.4 Å². The second-order valence-corrected chi connectivity index (χ2v) is 31.3. The first-order chi connectivity index (χ1) is 60.1. The number of carboxylic acids is 2. The van der Waals surface area contributed by atoms with Gasteiger partial charge >= 0.3 is 11.9 Å². The van der Waals surface area contributed by atoms with E-state index >= 15 is 0 Å². The van der Waals surface area contributed by atoms with Crippen LogP contribution in [0.1, 0.15) is 169 Å². The largest absolute Gasteiger partial charge is 0.481 e. The second kappa shape index (κ2) is 63.6. The van der Waals surface area contributed by atoms with E-state index in [-0.39, 0.29) is 195 Å². The van der Waals surface area contributed by atoms with Gasteiger partial charge in [-0.2, -0.15) is 0 Å². The van der Waals surface area contributed by atoms with Gasteiger partial charge in [-0.15, -0.1) is 0 Å². The van der Waals surface area contributed by atoms with E-state index in [9.17, 15) is 92.0 Å². The highest BCUT2D eigenvalue weighted by molar-refractivity contribution is 6.00. The molecule has 0 spiro atoms. The van der Waals surface area contributed by atoms with E-state index < -0.39 is 224 Å². The molecule has 0 heterocycles. The highest BCUT2D eigenvalue weighted by atomic mass is 16.4. The minimum absolute atomic E-state index is 0.00205. The van der Waals surface area contributed by atoms with E-state index in [1.54, 1.807) is 13.8 Å². The Balaban J connectivity index is 7.77. The monoisotopic (exact) mass is 1820 g/mol. The zero-order valence-electron chi connectivity index (χ0n) is 74.2. The average molecular weight is 1820 g/mol. The third-order valence-corrected chi connectivity index (χ3v) is 18.8. The molecule has 0 radical (unpaired) electrons. The highest BCUT2D eigenvalue weighted by Gasteiger charge is 2.38. The summed E-state index contributed by atoms with van der Waals surface area (Å²) in [7, 11) is 1.31. The normalized spacial score (nSPS) is 13.9. The summed E-state index contributed by atoms with van der Waals surface area (Å²) in [5, 5.41) is 80.0. The number of likely N-dealkylation sites (N-methyl/N-ethyl adjacent to an activating group) is 1. The molecular formula is C79H144N30O19. The van der Waals surface area contributed by atoms with Crippen molar-refractivity contribution in [1.29, 1.82) is 0 Å². The molecule has 0 bridgehead atoms. The van der Waals surface area contributed by atoms with E-state index in [0.29, 0.717) is 0 Å². The van der Waals surface area contributed by atoms with E-state index in [0.717, 1.165) is 0 Å². The van der Waals surface area contributed by atoms with Crippen molar-refractivity contribution in [2.24, 2.45) is 74.2 Å². The Kier molecular flexibility index (Phi) is 57.0. The molecule has 0 aliphatic carbocycles. The number of aliphatic imine (C=N–C) groups is 1. The van der Waals surface area contributed by atoms with Crippen molar-refractivity contribution in [3.63, 3.8) is 0 Å². The van der Waals surface area contributed by atoms with Gasteiger partial charge in [-0.1, -0.05) is 67.2 Å². The van der Waals surface area contributed by atoms with Gasteiger partial charge in [0.05, 0.1) is 47.6 Å². The third-order valence-electron chi connectivity index (χ3n) is 18.8. The molecule has 0 fully saturated rings. The van der Waals surface area contributed by atoms with E-state index in [1.165, 1.54) is 7.05 Å². The molecule has 0 aliphatic rings. The lowest BCUT2D eigenvalue weighted by Gasteiger charge is -2.29. The number of carboxylic acid groups (broad SMARTS) is 2. The lowest BCUT2D eigenvalue weighted by molar-refractivity contribution is -0.139. The summed E-state index contributed by atoms with van der Waals surface area (Å²) in [6.07, 6.45) is -4.02. The minimum Gasteiger partial charge on any atom is -0.481 e. The molecule has 128 heavy (non-hydrogen) atoms. The van der Waals surface area contributed by atoms with Crippen molar-refractivity contribution in [3.8, 4) is 0 Å². The van der Waals surface area contributed by atoms with Gasteiger partial charge in [0.2, 0.25) is 82.7 Å². The zero-order chi connectivity index (χ0) is 97.3. The first-order valence-electron chi connectivity index (χ1n) is 42.2. The number of hydrogen-bond acceptors (Lipinski definition) is 31. The molecule has 0 saturated heterocycles. The van der Waals surface area contributed by atoms with Crippen molar-refractivity contribution in [2.75, 3.05) is 59.5 Å². The van der Waals surface area contributed by atoms with Crippen molar-refractivity contribution in [3.05, 3.63) is 74.4 Å². The average Bonchev–Trinajstić information content (AvgIpc) is 0.856. The topological polar surface area (TPSA) is 835 Å². The molecule has 0 aliphatic heterocycles. The fraction of sp³-hybridized carbons (Fsp3) is 0.633. The molecule has 0 aromatic rings. The number of aliphatic carboxylic acids is 2. The Labute approximate surface area is 746 Å². The first kappa shape index (κ1) is 115. The molecule has 13 atom stereocenters. The third kappa shape index (κ3) is 53.2. The van der Waals surface area contributed by atoms with Crippen LogP contribution in [0, 0.1) is 11.8 Å². The molecule has 42 N–H and O–H groups in total. The van der Waals surface area contributed by atoms with Crippen LogP contribution in [0.3, 0.4) is 0 Å². The number of rotatable bonds is 73. The van der Waals surface area contributed by atoms with Crippen LogP contribution >= 0.6 is 0 Å². The second-order valence-electron chi connectivity index (χ2n) is 31.3. The number of amides is 14. The number of nitrogens with one attached hydrogen (secondary N) is 19. The van der Waals surface area contributed by atoms with E-state index in [1.807, 2.05) is 13.8 Å². The summed E-state index contributed by atoms with van der Waals surface area (Å²) >= 11 is 0. The van der Waals surface area contributed by atoms with Crippen molar-refractivity contribution in [1.82, 2.24) is 101 Å². The Morgan fingerprint density at radius 2 is 0.500 bits per heavy atom. The summed E-state index contributed by atoms with van der Waals surface area (Å²) in [5.74, 6) is -17.1. The maximum absolute atomic E-state index is 14.8. The quantitative estimate of drug-likeness (QED) is 0.0153. The van der Waals surface area contributed by atoms with Gasteiger partial charge in [0.1, 0.15) is 72.5 Å². The highest BCUT2D eigenvalue weighted by Crippen LogP contribution is 2.15. The number of primary amides is 1. The van der Waals surface area contributed by atoms with Gasteiger partial charge in [0, 0.05) is 72.1 Å². The molecule has 0 saturated carbocycles. The predicted molar refractivity (Wildman–Crippen MR) is 477 cm³/mol. The molecule has 0 aromatic carbocycles. The molecule has 0 aromatic heterocycles. The van der Waals surface area contributed by atoms with Gasteiger partial charge in [-0.25, -0.2) is 0 Å².